The van der Waals surface area contributed by atoms with Crippen LogP contribution in [0, 0.1) is 5.92 Å². The number of hydrogen-bond donors (Lipinski definition) is 1. The lowest BCUT2D eigenvalue weighted by molar-refractivity contribution is -0.140. The van der Waals surface area contributed by atoms with Crippen molar-refractivity contribution in [1.29, 1.82) is 0 Å². The molecular weight excluding hydrogens is 392 g/mol. The molecule has 1 unspecified atom stereocenters. The molecule has 2 saturated heterocycles. The molecule has 1 saturated carbocycles. The third-order valence-corrected chi connectivity index (χ3v) is 7.10. The van der Waals surface area contributed by atoms with Crippen molar-refractivity contribution in [3.8, 4) is 5.75 Å². The van der Waals surface area contributed by atoms with Crippen LogP contribution in [0.2, 0.25) is 0 Å². The maximum absolute atomic E-state index is 13.5. The number of carbonyl (C=O) groups excluding carboxylic acids is 2. The number of ether oxygens (including phenoxy) is 1. The summed E-state index contributed by atoms with van der Waals surface area (Å²) < 4.78 is 5.17. The fourth-order valence-electron chi connectivity index (χ4n) is 5.31. The minimum atomic E-state index is -0.0791. The molecule has 2 aliphatic heterocycles. The van der Waals surface area contributed by atoms with Crippen LogP contribution in [0.5, 0.6) is 5.75 Å². The zero-order valence-corrected chi connectivity index (χ0v) is 18.7. The number of benzene rings is 1. The van der Waals surface area contributed by atoms with E-state index in [1.807, 2.05) is 29.2 Å². The minimum absolute atomic E-state index is 0.00704. The minimum Gasteiger partial charge on any atom is -0.497 e. The summed E-state index contributed by atoms with van der Waals surface area (Å²) in [7, 11) is 1.63. The van der Waals surface area contributed by atoms with E-state index in [2.05, 4.69) is 15.1 Å². The van der Waals surface area contributed by atoms with Crippen molar-refractivity contribution in [1.82, 2.24) is 14.7 Å². The van der Waals surface area contributed by atoms with Gasteiger partial charge in [0.05, 0.1) is 13.2 Å². The Kier molecular flexibility index (Phi) is 7.33. The second-order valence-electron chi connectivity index (χ2n) is 9.06. The lowest BCUT2D eigenvalue weighted by Crippen LogP contribution is -2.59. The van der Waals surface area contributed by atoms with Crippen molar-refractivity contribution < 1.29 is 14.3 Å². The highest BCUT2D eigenvalue weighted by Gasteiger charge is 2.39. The van der Waals surface area contributed by atoms with Crippen molar-refractivity contribution >= 4 is 17.6 Å². The van der Waals surface area contributed by atoms with E-state index < -0.39 is 0 Å². The molecule has 3 amide bonds. The fraction of sp³-hybridized carbons (Fsp3) is 0.667. The predicted octanol–water partition coefficient (Wildman–Crippen LogP) is 3.42. The van der Waals surface area contributed by atoms with Crippen molar-refractivity contribution in [3.05, 3.63) is 24.3 Å². The summed E-state index contributed by atoms with van der Waals surface area (Å²) in [5.41, 5.74) is 0.761. The first kappa shape index (κ1) is 21.9. The van der Waals surface area contributed by atoms with Gasteiger partial charge < -0.3 is 19.9 Å². The molecule has 0 aromatic heterocycles. The molecule has 4 rings (SSSR count). The highest BCUT2D eigenvalue weighted by molar-refractivity contribution is 5.89. The summed E-state index contributed by atoms with van der Waals surface area (Å²) in [5.74, 6) is 1.57. The Morgan fingerprint density at radius 2 is 1.52 bits per heavy atom. The van der Waals surface area contributed by atoms with Gasteiger partial charge in [-0.2, -0.15) is 0 Å². The van der Waals surface area contributed by atoms with E-state index in [9.17, 15) is 9.59 Å². The van der Waals surface area contributed by atoms with Gasteiger partial charge in [0.25, 0.3) is 0 Å². The van der Waals surface area contributed by atoms with E-state index in [0.717, 1.165) is 63.3 Å². The third kappa shape index (κ3) is 5.32. The van der Waals surface area contributed by atoms with Crippen molar-refractivity contribution in [2.24, 2.45) is 5.92 Å². The molecule has 1 N–H and O–H groups in total. The zero-order chi connectivity index (χ0) is 21.6. The van der Waals surface area contributed by atoms with Crippen LogP contribution in [0.25, 0.3) is 0 Å². The maximum Gasteiger partial charge on any atom is 0.321 e. The zero-order valence-electron chi connectivity index (χ0n) is 18.7. The normalized spacial score (nSPS) is 21.7. The number of anilines is 1. The molecular formula is C24H36N4O3. The van der Waals surface area contributed by atoms with E-state index in [4.69, 9.17) is 4.74 Å². The molecule has 2 heterocycles. The van der Waals surface area contributed by atoms with Crippen LogP contribution in [-0.2, 0) is 4.79 Å². The first-order chi connectivity index (χ1) is 15.2. The van der Waals surface area contributed by atoms with Crippen molar-refractivity contribution in [2.45, 2.75) is 51.0 Å². The Hall–Kier alpha value is -2.28. The molecule has 0 bridgehead atoms. The van der Waals surface area contributed by atoms with Crippen LogP contribution in [0.15, 0.2) is 24.3 Å². The van der Waals surface area contributed by atoms with E-state index in [-0.39, 0.29) is 12.1 Å². The van der Waals surface area contributed by atoms with Gasteiger partial charge in [0.15, 0.2) is 0 Å². The molecule has 1 aromatic rings. The summed E-state index contributed by atoms with van der Waals surface area (Å²) in [5, 5.41) is 2.97. The number of hydrogen-bond acceptors (Lipinski definition) is 4. The average Bonchev–Trinajstić information content (AvgIpc) is 3.35. The van der Waals surface area contributed by atoms with Crippen LogP contribution in [0.4, 0.5) is 10.5 Å². The number of nitrogens with zero attached hydrogens (tertiary/aromatic N) is 3. The van der Waals surface area contributed by atoms with Crippen LogP contribution in [-0.4, -0.2) is 79.1 Å². The topological polar surface area (TPSA) is 65.1 Å². The second kappa shape index (κ2) is 10.4. The van der Waals surface area contributed by atoms with E-state index >= 15 is 0 Å². The lowest BCUT2D eigenvalue weighted by Gasteiger charge is -2.43. The van der Waals surface area contributed by atoms with Gasteiger partial charge in [-0.05, 0) is 62.3 Å². The van der Waals surface area contributed by atoms with E-state index in [1.54, 1.807) is 7.11 Å². The van der Waals surface area contributed by atoms with Crippen LogP contribution in [0.3, 0.4) is 0 Å². The summed E-state index contributed by atoms with van der Waals surface area (Å²) in [4.78, 5) is 32.5. The number of urea groups is 1. The van der Waals surface area contributed by atoms with Gasteiger partial charge in [0, 0.05) is 45.0 Å². The summed E-state index contributed by atoms with van der Waals surface area (Å²) >= 11 is 0. The van der Waals surface area contributed by atoms with E-state index in [0.29, 0.717) is 24.9 Å². The van der Waals surface area contributed by atoms with E-state index in [1.165, 1.54) is 19.3 Å². The molecule has 31 heavy (non-hydrogen) atoms. The molecule has 3 fully saturated rings. The third-order valence-electron chi connectivity index (χ3n) is 7.10. The molecule has 1 atom stereocenters. The van der Waals surface area contributed by atoms with Gasteiger partial charge in [-0.15, -0.1) is 0 Å². The smallest absolute Gasteiger partial charge is 0.321 e. The second-order valence-corrected chi connectivity index (χ2v) is 9.06. The molecule has 3 aliphatic rings. The number of nitrogens with one attached hydrogen (secondary N) is 1. The van der Waals surface area contributed by atoms with Gasteiger partial charge in [-0.3, -0.25) is 9.69 Å². The van der Waals surface area contributed by atoms with Crippen molar-refractivity contribution in [2.75, 3.05) is 51.7 Å². The number of amides is 3. The number of carbonyl (C=O) groups is 2. The van der Waals surface area contributed by atoms with Crippen LogP contribution >= 0.6 is 0 Å². The van der Waals surface area contributed by atoms with Gasteiger partial charge in [0.1, 0.15) is 5.75 Å². The molecule has 7 nitrogen and oxygen atoms in total. The summed E-state index contributed by atoms with van der Waals surface area (Å²) in [6.45, 7) is 4.64. The SMILES string of the molecule is COc1ccc(NC(=O)N2CCN(C(C(=O)N3CCCCC3)C3CCCC3)CC2)cc1. The first-order valence-corrected chi connectivity index (χ1v) is 11.9. The van der Waals surface area contributed by atoms with Gasteiger partial charge in [-0.1, -0.05) is 12.8 Å². The molecule has 0 radical (unpaired) electrons. The van der Waals surface area contributed by atoms with Crippen molar-refractivity contribution in [3.63, 3.8) is 0 Å². The highest BCUT2D eigenvalue weighted by atomic mass is 16.5. The largest absolute Gasteiger partial charge is 0.497 e. The lowest BCUT2D eigenvalue weighted by atomic mass is 9.93. The maximum atomic E-state index is 13.5. The number of piperidine rings is 1. The average molecular weight is 429 g/mol. The quantitative estimate of drug-likeness (QED) is 0.781. The molecule has 1 aliphatic carbocycles. The first-order valence-electron chi connectivity index (χ1n) is 11.9. The summed E-state index contributed by atoms with van der Waals surface area (Å²) in [6, 6.07) is 7.29. The standard InChI is InChI=1S/C24H36N4O3/c1-31-21-11-9-20(10-12-21)25-24(30)28-17-15-26(16-18-28)22(19-7-3-4-8-19)23(29)27-13-5-2-6-14-27/h9-12,19,22H,2-8,13-18H2,1H3,(H,25,30). The molecule has 0 spiro atoms. The van der Waals surface area contributed by atoms with Gasteiger partial charge >= 0.3 is 6.03 Å². The Balaban J connectivity index is 1.35. The van der Waals surface area contributed by atoms with Gasteiger partial charge in [-0.25, -0.2) is 4.79 Å². The Labute approximate surface area is 185 Å². The van der Waals surface area contributed by atoms with Crippen LogP contribution < -0.4 is 10.1 Å². The monoisotopic (exact) mass is 428 g/mol. The predicted molar refractivity (Wildman–Crippen MR) is 121 cm³/mol. The molecule has 1 aromatic carbocycles. The Morgan fingerprint density at radius 3 is 2.13 bits per heavy atom. The Bertz CT molecular complexity index is 734. The van der Waals surface area contributed by atoms with Gasteiger partial charge in [0.2, 0.25) is 5.91 Å². The number of piperazine rings is 1. The summed E-state index contributed by atoms with van der Waals surface area (Å²) in [6.07, 6.45) is 8.27. The number of likely N-dealkylation sites (tertiary alicyclic amines) is 1. The highest BCUT2D eigenvalue weighted by Crippen LogP contribution is 2.32. The Morgan fingerprint density at radius 1 is 0.871 bits per heavy atom. The van der Waals surface area contributed by atoms with Crippen LogP contribution in [0.1, 0.15) is 44.9 Å². The molecule has 170 valence electrons. The molecule has 7 heteroatoms. The fourth-order valence-corrected chi connectivity index (χ4v) is 5.31. The number of methoxy groups -OCH3 is 1. The number of rotatable bonds is 5.